The quantitative estimate of drug-likeness (QED) is 0.347. The number of methoxy groups -OCH3 is 1. The molecule has 0 saturated carbocycles. The summed E-state index contributed by atoms with van der Waals surface area (Å²) < 4.78 is 31.0. The number of para-hydroxylation sites is 1. The van der Waals surface area contributed by atoms with Crippen molar-refractivity contribution < 1.29 is 32.6 Å². The molecule has 4 heterocycles. The Morgan fingerprint density at radius 1 is 0.904 bits per heavy atom. The van der Waals surface area contributed by atoms with Crippen molar-refractivity contribution in [1.29, 1.82) is 0 Å². The van der Waals surface area contributed by atoms with Gasteiger partial charge in [0, 0.05) is 63.5 Å². The highest BCUT2D eigenvalue weighted by atomic mass is 79.9. The highest BCUT2D eigenvalue weighted by Gasteiger charge is 2.34. The van der Waals surface area contributed by atoms with Crippen LogP contribution in [0, 0.1) is 17.8 Å². The lowest BCUT2D eigenvalue weighted by Crippen LogP contribution is -2.50. The lowest BCUT2D eigenvalue weighted by atomic mass is 9.79. The van der Waals surface area contributed by atoms with Crippen molar-refractivity contribution >= 4 is 65.6 Å². The molecule has 0 radical (unpaired) electrons. The number of sulfonamides is 1. The Balaban J connectivity index is 0.000000210. The summed E-state index contributed by atoms with van der Waals surface area (Å²) in [5.74, 6) is 1.37. The number of aromatic hydroxyl groups is 1. The topological polar surface area (TPSA) is 140 Å². The smallest absolute Gasteiger partial charge is 0.409 e. The minimum absolute atomic E-state index is 0.0403. The summed E-state index contributed by atoms with van der Waals surface area (Å²) in [6.45, 7) is 6.75. The van der Waals surface area contributed by atoms with E-state index < -0.39 is 10.0 Å². The first kappa shape index (κ1) is 40.3. The van der Waals surface area contributed by atoms with Gasteiger partial charge in [0.25, 0.3) is 0 Å². The van der Waals surface area contributed by atoms with Gasteiger partial charge in [-0.15, -0.1) is 0 Å². The molecule has 2 aromatic rings. The van der Waals surface area contributed by atoms with Crippen molar-refractivity contribution in [1.82, 2.24) is 19.0 Å². The average molecular weight is 870 g/mol. The fourth-order valence-corrected chi connectivity index (χ4v) is 10.1. The number of likely N-dealkylation sites (tertiary alicyclic amines) is 2. The number of amides is 4. The van der Waals surface area contributed by atoms with E-state index in [0.717, 1.165) is 69.3 Å². The third-order valence-electron chi connectivity index (χ3n) is 11.0. The van der Waals surface area contributed by atoms with Crippen molar-refractivity contribution in [2.75, 3.05) is 64.5 Å². The molecular weight excluding hydrogens is 818 g/mol. The highest BCUT2D eigenvalue weighted by Crippen LogP contribution is 2.36. The summed E-state index contributed by atoms with van der Waals surface area (Å²) >= 11 is 6.70. The Hall–Kier alpha value is -2.88. The minimum Gasteiger partial charge on any atom is -0.506 e. The zero-order valence-electron chi connectivity index (χ0n) is 30.2. The van der Waals surface area contributed by atoms with Gasteiger partial charge in [-0.1, -0.05) is 25.1 Å². The molecule has 15 heteroatoms. The van der Waals surface area contributed by atoms with Gasteiger partial charge in [-0.05, 0) is 124 Å². The molecule has 12 nitrogen and oxygen atoms in total. The molecule has 0 aliphatic carbocycles. The average Bonchev–Trinajstić information content (AvgIpc) is 3.31. The van der Waals surface area contributed by atoms with Crippen LogP contribution in [0.25, 0.3) is 0 Å². The van der Waals surface area contributed by atoms with E-state index in [2.05, 4.69) is 43.2 Å². The fourth-order valence-electron chi connectivity index (χ4n) is 7.99. The summed E-state index contributed by atoms with van der Waals surface area (Å²) in [6, 6.07) is 11.8. The van der Waals surface area contributed by atoms with Crippen LogP contribution in [0.2, 0.25) is 0 Å². The van der Waals surface area contributed by atoms with Crippen molar-refractivity contribution in [3.05, 3.63) is 56.5 Å². The molecule has 2 N–H and O–H groups in total. The molecule has 52 heavy (non-hydrogen) atoms. The molecule has 286 valence electrons. The molecule has 4 amide bonds. The van der Waals surface area contributed by atoms with Crippen molar-refractivity contribution in [3.8, 4) is 5.75 Å². The van der Waals surface area contributed by atoms with E-state index in [1.54, 1.807) is 9.21 Å². The number of hydrogen-bond acceptors (Lipinski definition) is 7. The molecule has 1 atom stereocenters. The molecule has 4 aliphatic rings. The van der Waals surface area contributed by atoms with Gasteiger partial charge in [-0.25, -0.2) is 22.3 Å². The fraction of sp³-hybridized carbons (Fsp3) is 0.595. The molecule has 4 aliphatic heterocycles. The summed E-state index contributed by atoms with van der Waals surface area (Å²) in [4.78, 5) is 42.5. The zero-order chi connectivity index (χ0) is 37.6. The lowest BCUT2D eigenvalue weighted by Gasteiger charge is -2.40. The van der Waals surface area contributed by atoms with E-state index in [1.807, 2.05) is 47.1 Å². The number of nitrogens with one attached hydrogen (secondary N) is 1. The second-order valence-corrected chi connectivity index (χ2v) is 18.1. The largest absolute Gasteiger partial charge is 0.506 e. The third kappa shape index (κ3) is 10.2. The summed E-state index contributed by atoms with van der Waals surface area (Å²) in [5, 5.41) is 12.9. The van der Waals surface area contributed by atoms with Crippen LogP contribution in [-0.2, 0) is 32.4 Å². The van der Waals surface area contributed by atoms with Crippen LogP contribution >= 0.6 is 31.9 Å². The molecule has 3 fully saturated rings. The van der Waals surface area contributed by atoms with Gasteiger partial charge in [0.15, 0.2) is 0 Å². The van der Waals surface area contributed by atoms with E-state index >= 15 is 0 Å². The first-order valence-corrected chi connectivity index (χ1v) is 21.6. The van der Waals surface area contributed by atoms with Crippen LogP contribution in [0.3, 0.4) is 0 Å². The number of benzene rings is 2. The number of phenolic OH excluding ortho intramolecular Hbond substituents is 1. The molecular formula is C37H51Br2N5O7S. The monoisotopic (exact) mass is 867 g/mol. The predicted octanol–water partition coefficient (Wildman–Crippen LogP) is 6.31. The summed E-state index contributed by atoms with van der Waals surface area (Å²) in [5.41, 5.74) is 3.08. The van der Waals surface area contributed by atoms with Crippen molar-refractivity contribution in [2.45, 2.75) is 64.3 Å². The second-order valence-electron chi connectivity index (χ2n) is 14.4. The number of rotatable bonds is 6. The molecule has 0 aromatic heterocycles. The Morgan fingerprint density at radius 2 is 1.46 bits per heavy atom. The first-order valence-electron chi connectivity index (χ1n) is 18.1. The SMILES string of the molecule is COC(=O)N1CCC(N2CCc3ccccc3NC2=O)CC1.C[C@H](Cc1cc(Br)c(O)c(Br)c1)C(=O)N1CCC(C2CCN(S(C)(=O)=O)CC2)CC1. The molecule has 2 aromatic carbocycles. The summed E-state index contributed by atoms with van der Waals surface area (Å²) in [7, 11) is -1.69. The number of piperidine rings is 3. The number of ether oxygens (including phenoxy) is 1. The van der Waals surface area contributed by atoms with Crippen LogP contribution < -0.4 is 5.32 Å². The number of nitrogens with zero attached hydrogens (tertiary/aromatic N) is 4. The number of carbonyl (C=O) groups is 3. The van der Waals surface area contributed by atoms with Gasteiger partial charge in [-0.3, -0.25) is 4.79 Å². The maximum atomic E-state index is 13.0. The third-order valence-corrected chi connectivity index (χ3v) is 13.5. The molecule has 6 rings (SSSR count). The van der Waals surface area contributed by atoms with E-state index in [0.29, 0.717) is 59.9 Å². The van der Waals surface area contributed by atoms with Gasteiger partial charge in [0.1, 0.15) is 5.75 Å². The van der Waals surface area contributed by atoms with Gasteiger partial charge < -0.3 is 29.9 Å². The standard InChI is InChI=1S/C21H30Br2N2O4S.C16H21N3O3/c1-14(11-15-12-18(22)20(26)19(23)13-15)21(27)24-7-3-16(4-8-24)17-5-9-25(10-6-17)30(2,28)29;1-22-16(21)18-9-7-13(8-10-18)19-11-6-12-4-2-3-5-14(12)17-15(19)20/h12-14,16-17,26H,3-11H2,1-2H3;2-5,13H,6-11H2,1H3,(H,17,20)/t14-;/m1./s1. The van der Waals surface area contributed by atoms with Crippen LogP contribution in [0.15, 0.2) is 45.3 Å². The number of hydrogen-bond donors (Lipinski definition) is 2. The Labute approximate surface area is 324 Å². The molecule has 0 bridgehead atoms. The Bertz CT molecular complexity index is 1670. The van der Waals surface area contributed by atoms with E-state index in [4.69, 9.17) is 4.74 Å². The maximum absolute atomic E-state index is 13.0. The highest BCUT2D eigenvalue weighted by molar-refractivity contribution is 9.11. The number of phenols is 1. The molecule has 0 unspecified atom stereocenters. The van der Waals surface area contributed by atoms with Crippen molar-refractivity contribution in [2.24, 2.45) is 17.8 Å². The first-order chi connectivity index (χ1) is 24.7. The number of urea groups is 1. The van der Waals surface area contributed by atoms with Gasteiger partial charge >= 0.3 is 12.1 Å². The lowest BCUT2D eigenvalue weighted by molar-refractivity contribution is -0.136. The van der Waals surface area contributed by atoms with Crippen molar-refractivity contribution in [3.63, 3.8) is 0 Å². The van der Waals surface area contributed by atoms with E-state index in [-0.39, 0.29) is 35.7 Å². The van der Waals surface area contributed by atoms with Crippen LogP contribution in [0.4, 0.5) is 15.3 Å². The molecule has 3 saturated heterocycles. The van der Waals surface area contributed by atoms with Crippen LogP contribution in [-0.4, -0.2) is 116 Å². The molecule has 0 spiro atoms. The minimum atomic E-state index is -3.08. The number of carbonyl (C=O) groups excluding carboxylic acids is 3. The van der Waals surface area contributed by atoms with Crippen LogP contribution in [0.5, 0.6) is 5.75 Å². The van der Waals surface area contributed by atoms with Gasteiger partial charge in [0.2, 0.25) is 15.9 Å². The van der Waals surface area contributed by atoms with Gasteiger partial charge in [0.05, 0.1) is 22.3 Å². The maximum Gasteiger partial charge on any atom is 0.409 e. The van der Waals surface area contributed by atoms with E-state index in [9.17, 15) is 27.9 Å². The second kappa shape index (κ2) is 18.0. The number of halogens is 2. The normalized spacial score (nSPS) is 20.2. The number of fused-ring (bicyclic) bond motifs is 1. The van der Waals surface area contributed by atoms with Gasteiger partial charge in [-0.2, -0.15) is 0 Å². The van der Waals surface area contributed by atoms with E-state index in [1.165, 1.54) is 18.9 Å². The zero-order valence-corrected chi connectivity index (χ0v) is 34.2. The van der Waals surface area contributed by atoms with Crippen LogP contribution in [0.1, 0.15) is 56.6 Å². The number of anilines is 1. The Kier molecular flexibility index (Phi) is 13.9. The summed E-state index contributed by atoms with van der Waals surface area (Å²) in [6.07, 6.45) is 7.90. The predicted molar refractivity (Wildman–Crippen MR) is 208 cm³/mol. The Morgan fingerprint density at radius 3 is 2.04 bits per heavy atom.